The Morgan fingerprint density at radius 3 is 1.21 bits per heavy atom. The highest BCUT2D eigenvalue weighted by Crippen LogP contribution is 2.49. The van der Waals surface area contributed by atoms with Crippen LogP contribution in [0.1, 0.15) is 140 Å². The Bertz CT molecular complexity index is 1690. The summed E-state index contributed by atoms with van der Waals surface area (Å²) in [7, 11) is 0. The van der Waals surface area contributed by atoms with Crippen molar-refractivity contribution in [2.45, 2.75) is 134 Å². The van der Waals surface area contributed by atoms with Crippen LogP contribution in [0, 0.1) is 38.0 Å². The fourth-order valence-electron chi connectivity index (χ4n) is 9.28. The summed E-state index contributed by atoms with van der Waals surface area (Å²) in [6.07, 6.45) is 25.6. The molecule has 0 bridgehead atoms. The van der Waals surface area contributed by atoms with Gasteiger partial charge in [-0.1, -0.05) is 128 Å². The van der Waals surface area contributed by atoms with E-state index in [-0.39, 0.29) is 16.8 Å². The number of hydrogen-bond donors (Lipinski definition) is 0. The normalized spacial score (nSPS) is 18.3. The molecule has 6 rings (SSSR count). The predicted molar refractivity (Wildman–Crippen MR) is 224 cm³/mol. The van der Waals surface area contributed by atoms with Crippen molar-refractivity contribution in [3.05, 3.63) is 128 Å². The van der Waals surface area contributed by atoms with Gasteiger partial charge in [-0.25, -0.2) is 0 Å². The highest BCUT2D eigenvalue weighted by atomic mass is 16.6. The largest absolute Gasteiger partial charge is 0.457 e. The number of non-ortho nitro benzene ring substituents is 2. The average molecular weight is 761 g/mol. The van der Waals surface area contributed by atoms with Crippen molar-refractivity contribution >= 4 is 11.4 Å². The second kappa shape index (κ2) is 20.4. The fraction of sp³-hybridized carbons (Fsp3) is 0.500. The monoisotopic (exact) mass is 760 g/mol. The maximum Gasteiger partial charge on any atom is 0.269 e. The fourth-order valence-corrected chi connectivity index (χ4v) is 9.28. The van der Waals surface area contributed by atoms with Crippen molar-refractivity contribution < 1.29 is 19.3 Å². The molecule has 0 heterocycles. The minimum absolute atomic E-state index is 0.0335. The van der Waals surface area contributed by atoms with Crippen molar-refractivity contribution in [3.63, 3.8) is 0 Å². The summed E-state index contributed by atoms with van der Waals surface area (Å²) >= 11 is 0. The zero-order valence-corrected chi connectivity index (χ0v) is 33.2. The first-order chi connectivity index (χ1) is 27.3. The third-order valence-corrected chi connectivity index (χ3v) is 12.8. The highest BCUT2D eigenvalue weighted by molar-refractivity contribution is 5.46. The first-order valence-electron chi connectivity index (χ1n) is 21.4. The molecule has 8 heteroatoms. The second-order valence-corrected chi connectivity index (χ2v) is 16.5. The first-order valence-corrected chi connectivity index (χ1v) is 21.4. The third kappa shape index (κ3) is 11.4. The van der Waals surface area contributed by atoms with E-state index in [1.54, 1.807) is 24.3 Å². The smallest absolute Gasteiger partial charge is 0.269 e. The van der Waals surface area contributed by atoms with Gasteiger partial charge in [0.15, 0.2) is 0 Å². The predicted octanol–water partition coefficient (Wildman–Crippen LogP) is 14.7. The van der Waals surface area contributed by atoms with Crippen LogP contribution < -0.4 is 9.47 Å². The van der Waals surface area contributed by atoms with Gasteiger partial charge in [0.2, 0.25) is 0 Å². The zero-order valence-electron chi connectivity index (χ0n) is 33.2. The van der Waals surface area contributed by atoms with Crippen molar-refractivity contribution in [1.29, 1.82) is 0 Å². The minimum Gasteiger partial charge on any atom is -0.457 e. The highest BCUT2D eigenvalue weighted by Gasteiger charge is 2.38. The molecule has 56 heavy (non-hydrogen) atoms. The summed E-state index contributed by atoms with van der Waals surface area (Å²) in [5.74, 6) is 5.07. The van der Waals surface area contributed by atoms with E-state index < -0.39 is 9.85 Å². The lowest BCUT2D eigenvalue weighted by atomic mass is 9.62. The molecule has 2 fully saturated rings. The Hall–Kier alpha value is -4.72. The topological polar surface area (TPSA) is 105 Å². The molecule has 2 aliphatic carbocycles. The maximum absolute atomic E-state index is 11.1. The van der Waals surface area contributed by atoms with Crippen LogP contribution in [-0.4, -0.2) is 9.85 Å². The van der Waals surface area contributed by atoms with E-state index in [0.717, 1.165) is 30.6 Å². The van der Waals surface area contributed by atoms with Gasteiger partial charge in [0.05, 0.1) is 9.85 Å². The van der Waals surface area contributed by atoms with Crippen molar-refractivity contribution in [1.82, 2.24) is 0 Å². The van der Waals surface area contributed by atoms with E-state index in [0.29, 0.717) is 23.0 Å². The zero-order chi connectivity index (χ0) is 39.2. The van der Waals surface area contributed by atoms with Gasteiger partial charge >= 0.3 is 0 Å². The Kier molecular flexibility index (Phi) is 14.9. The number of ether oxygens (including phenoxy) is 2. The Balaban J connectivity index is 1.05. The molecule has 8 nitrogen and oxygen atoms in total. The molecule has 0 unspecified atom stereocenters. The number of unbranched alkanes of at least 4 members (excludes halogenated alkanes) is 7. The number of nitro benzene ring substituents is 2. The Labute approximate surface area is 333 Å². The number of rotatable bonds is 20. The second-order valence-electron chi connectivity index (χ2n) is 16.5. The molecular formula is C48H60N2O6. The van der Waals surface area contributed by atoms with E-state index in [2.05, 4.69) is 31.2 Å². The molecule has 4 aromatic rings. The van der Waals surface area contributed by atoms with E-state index in [4.69, 9.17) is 9.47 Å². The first kappa shape index (κ1) is 40.9. The van der Waals surface area contributed by atoms with Crippen LogP contribution in [0.3, 0.4) is 0 Å². The van der Waals surface area contributed by atoms with Gasteiger partial charge in [0, 0.05) is 29.7 Å². The number of nitrogens with zero attached hydrogens (tertiary/aromatic N) is 2. The van der Waals surface area contributed by atoms with Gasteiger partial charge in [-0.05, 0) is 103 Å². The molecule has 4 aromatic carbocycles. The van der Waals surface area contributed by atoms with E-state index >= 15 is 0 Å². The van der Waals surface area contributed by atoms with Crippen LogP contribution in [0.4, 0.5) is 11.4 Å². The molecule has 0 aliphatic heterocycles. The molecule has 0 aromatic heterocycles. The summed E-state index contributed by atoms with van der Waals surface area (Å²) in [4.78, 5) is 21.3. The van der Waals surface area contributed by atoms with Crippen molar-refractivity contribution in [3.8, 4) is 23.0 Å². The molecule has 298 valence electrons. The molecule has 0 amide bonds. The Morgan fingerprint density at radius 2 is 0.821 bits per heavy atom. The molecule has 0 N–H and O–H groups in total. The molecule has 0 saturated heterocycles. The van der Waals surface area contributed by atoms with E-state index in [9.17, 15) is 20.2 Å². The van der Waals surface area contributed by atoms with Crippen LogP contribution >= 0.6 is 0 Å². The van der Waals surface area contributed by atoms with Crippen molar-refractivity contribution in [2.75, 3.05) is 0 Å². The van der Waals surface area contributed by atoms with Crippen LogP contribution in [0.15, 0.2) is 97.1 Å². The summed E-state index contributed by atoms with van der Waals surface area (Å²) in [5, 5.41) is 22.2. The number of hydrogen-bond acceptors (Lipinski definition) is 6. The van der Waals surface area contributed by atoms with Crippen LogP contribution in [0.25, 0.3) is 0 Å². The third-order valence-electron chi connectivity index (χ3n) is 12.8. The average Bonchev–Trinajstić information content (AvgIpc) is 3.23. The van der Waals surface area contributed by atoms with E-state index in [1.807, 2.05) is 24.3 Å². The van der Waals surface area contributed by atoms with Gasteiger partial charge in [0.25, 0.3) is 11.4 Å². The number of benzene rings is 4. The van der Waals surface area contributed by atoms with Gasteiger partial charge in [0.1, 0.15) is 23.0 Å². The molecule has 0 atom stereocenters. The lowest BCUT2D eigenvalue weighted by molar-refractivity contribution is -0.385. The summed E-state index contributed by atoms with van der Waals surface area (Å²) in [6, 6.07) is 29.0. The molecule has 0 radical (unpaired) electrons. The van der Waals surface area contributed by atoms with Gasteiger partial charge in [-0.3, -0.25) is 20.2 Å². The molecule has 2 aliphatic rings. The molecular weight excluding hydrogens is 701 g/mol. The van der Waals surface area contributed by atoms with Gasteiger partial charge in [-0.15, -0.1) is 0 Å². The summed E-state index contributed by atoms with van der Waals surface area (Å²) < 4.78 is 12.1. The standard InChI is InChI=1S/C48H60N2O6/c1-2-3-4-5-6-7-8-9-10-37-11-13-38(14-12-37)15-16-39-33-35-48(36-34-39,40-17-25-44(26-18-40)55-46-29-21-42(22-30-46)49(51)52)41-19-27-45(28-20-41)56-47-31-23-43(24-32-47)50(53)54/h17-32,37-39H,2-16,33-36H2,1H3/t37-,38-. The Morgan fingerprint density at radius 1 is 0.482 bits per heavy atom. The van der Waals surface area contributed by atoms with Crippen LogP contribution in [-0.2, 0) is 5.41 Å². The lowest BCUT2D eigenvalue weighted by Gasteiger charge is -2.42. The van der Waals surface area contributed by atoms with Crippen LogP contribution in [0.2, 0.25) is 0 Å². The summed E-state index contributed by atoms with van der Waals surface area (Å²) in [6.45, 7) is 2.29. The lowest BCUT2D eigenvalue weighted by Crippen LogP contribution is -2.33. The summed E-state index contributed by atoms with van der Waals surface area (Å²) in [5.41, 5.74) is 2.43. The van der Waals surface area contributed by atoms with Gasteiger partial charge < -0.3 is 9.47 Å². The van der Waals surface area contributed by atoms with Crippen molar-refractivity contribution in [2.24, 2.45) is 17.8 Å². The molecule has 2 saturated carbocycles. The van der Waals surface area contributed by atoms with Gasteiger partial charge in [-0.2, -0.15) is 0 Å². The quantitative estimate of drug-likeness (QED) is 0.0504. The minimum atomic E-state index is -0.412. The SMILES string of the molecule is CCCCCCCCCC[C@H]1CC[C@H](CCC2CCC(c3ccc(Oc4ccc([N+](=O)[O-])cc4)cc3)(c3ccc(Oc4ccc([N+](=O)[O-])cc4)cc3)CC2)CC1. The van der Waals surface area contributed by atoms with Crippen LogP contribution in [0.5, 0.6) is 23.0 Å². The number of nitro groups is 2. The van der Waals surface area contributed by atoms with E-state index in [1.165, 1.54) is 145 Å². The maximum atomic E-state index is 11.1. The molecule has 0 spiro atoms.